The molecule has 1 aliphatic rings. The van der Waals surface area contributed by atoms with Crippen molar-refractivity contribution in [3.63, 3.8) is 0 Å². The smallest absolute Gasteiger partial charge is 0.314 e. The van der Waals surface area contributed by atoms with Crippen LogP contribution in [0.5, 0.6) is 0 Å². The van der Waals surface area contributed by atoms with Gasteiger partial charge in [-0.1, -0.05) is 13.8 Å². The Bertz CT molecular complexity index is 541. The van der Waals surface area contributed by atoms with Gasteiger partial charge in [0, 0.05) is 32.2 Å². The summed E-state index contributed by atoms with van der Waals surface area (Å²) in [6.45, 7) is 6.34. The van der Waals surface area contributed by atoms with Crippen molar-refractivity contribution in [2.24, 2.45) is 5.92 Å². The first-order valence-corrected chi connectivity index (χ1v) is 8.22. The van der Waals surface area contributed by atoms with E-state index in [9.17, 15) is 26.3 Å². The van der Waals surface area contributed by atoms with Crippen LogP contribution < -0.4 is 5.32 Å². The highest BCUT2D eigenvalue weighted by Gasteiger charge is 2.38. The highest BCUT2D eigenvalue weighted by Crippen LogP contribution is 2.39. The molecule has 1 aromatic carbocycles. The Hall–Kier alpha value is -1.28. The second kappa shape index (κ2) is 7.53. The van der Waals surface area contributed by atoms with Crippen LogP contribution in [0.3, 0.4) is 0 Å². The molecule has 0 spiro atoms. The van der Waals surface area contributed by atoms with E-state index in [0.29, 0.717) is 32.6 Å². The van der Waals surface area contributed by atoms with Crippen molar-refractivity contribution >= 4 is 0 Å². The van der Waals surface area contributed by atoms with Crippen LogP contribution in [0.15, 0.2) is 18.2 Å². The van der Waals surface area contributed by atoms with Crippen molar-refractivity contribution in [3.8, 4) is 0 Å². The van der Waals surface area contributed by atoms with Crippen LogP contribution in [0.1, 0.15) is 43.0 Å². The summed E-state index contributed by atoms with van der Waals surface area (Å²) in [4.78, 5) is 1.96. The van der Waals surface area contributed by atoms with Crippen LogP contribution in [0.4, 0.5) is 26.3 Å². The van der Waals surface area contributed by atoms with Crippen molar-refractivity contribution in [1.29, 1.82) is 0 Å². The lowest BCUT2D eigenvalue weighted by Gasteiger charge is -2.36. The highest BCUT2D eigenvalue weighted by atomic mass is 19.4. The van der Waals surface area contributed by atoms with E-state index < -0.39 is 29.5 Å². The van der Waals surface area contributed by atoms with Gasteiger partial charge in [0.2, 0.25) is 0 Å². The Balaban J connectivity index is 2.50. The van der Waals surface area contributed by atoms with Crippen LogP contribution in [-0.2, 0) is 12.4 Å². The molecule has 1 fully saturated rings. The van der Waals surface area contributed by atoms with Gasteiger partial charge in [-0.2, -0.15) is 26.3 Å². The fourth-order valence-electron chi connectivity index (χ4n) is 3.11. The van der Waals surface area contributed by atoms with Crippen LogP contribution in [0.2, 0.25) is 0 Å². The molecule has 0 aliphatic carbocycles. The molecule has 2 nitrogen and oxygen atoms in total. The summed E-state index contributed by atoms with van der Waals surface area (Å²) < 4.78 is 78.7. The quantitative estimate of drug-likeness (QED) is 0.774. The van der Waals surface area contributed by atoms with Crippen molar-refractivity contribution in [2.45, 2.75) is 38.7 Å². The molecule has 0 radical (unpaired) electrons. The predicted molar refractivity (Wildman–Crippen MR) is 83.1 cm³/mol. The molecule has 25 heavy (non-hydrogen) atoms. The largest absolute Gasteiger partial charge is 0.416 e. The minimum Gasteiger partial charge on any atom is -0.314 e. The van der Waals surface area contributed by atoms with Crippen LogP contribution in [-0.4, -0.2) is 31.1 Å². The zero-order chi connectivity index (χ0) is 18.8. The van der Waals surface area contributed by atoms with Crippen LogP contribution in [0, 0.1) is 5.92 Å². The molecular formula is C17H22F6N2. The van der Waals surface area contributed by atoms with E-state index in [0.717, 1.165) is 12.1 Å². The molecule has 1 heterocycles. The van der Waals surface area contributed by atoms with Gasteiger partial charge in [0.1, 0.15) is 0 Å². The monoisotopic (exact) mass is 368 g/mol. The number of halogens is 6. The van der Waals surface area contributed by atoms with Crippen LogP contribution >= 0.6 is 0 Å². The minimum atomic E-state index is -4.82. The second-order valence-electron chi connectivity index (χ2n) is 6.77. The number of rotatable bonds is 4. The molecule has 0 saturated carbocycles. The summed E-state index contributed by atoms with van der Waals surface area (Å²) >= 11 is 0. The van der Waals surface area contributed by atoms with Gasteiger partial charge < -0.3 is 5.32 Å². The summed E-state index contributed by atoms with van der Waals surface area (Å²) in [5.74, 6) is 0.142. The molecule has 1 atom stereocenters. The summed E-state index contributed by atoms with van der Waals surface area (Å²) in [6.07, 6.45) is -9.14. The fraction of sp³-hybridized carbons (Fsp3) is 0.647. The summed E-state index contributed by atoms with van der Waals surface area (Å²) in [5.41, 5.74) is -2.42. The molecule has 1 saturated heterocycles. The molecule has 0 unspecified atom stereocenters. The van der Waals surface area contributed by atoms with E-state index in [1.165, 1.54) is 0 Å². The van der Waals surface area contributed by atoms with E-state index in [-0.39, 0.29) is 17.5 Å². The number of nitrogens with zero attached hydrogens (tertiary/aromatic N) is 1. The number of hydrogen-bond donors (Lipinski definition) is 1. The molecule has 1 N–H and O–H groups in total. The zero-order valence-corrected chi connectivity index (χ0v) is 14.1. The fourth-order valence-corrected chi connectivity index (χ4v) is 3.11. The Morgan fingerprint density at radius 1 is 0.920 bits per heavy atom. The first-order valence-electron chi connectivity index (χ1n) is 8.22. The normalized spacial score (nSPS) is 18.6. The third kappa shape index (κ3) is 5.34. The van der Waals surface area contributed by atoms with Gasteiger partial charge in [0.25, 0.3) is 0 Å². The van der Waals surface area contributed by atoms with Gasteiger partial charge in [-0.05, 0) is 36.1 Å². The van der Waals surface area contributed by atoms with Gasteiger partial charge in [-0.15, -0.1) is 0 Å². The lowest BCUT2D eigenvalue weighted by Crippen LogP contribution is -2.45. The summed E-state index contributed by atoms with van der Waals surface area (Å²) in [7, 11) is 0. The standard InChI is InChI=1S/C17H22F6N2/c1-11(2)7-15(25-5-3-24-4-6-25)12-8-13(16(18,19)20)10-14(9-12)17(21,22)23/h8-11,15,24H,3-7H2,1-2H3/t15-/m1/s1. The maximum atomic E-state index is 13.1. The van der Waals surface area contributed by atoms with E-state index >= 15 is 0 Å². The van der Waals surface area contributed by atoms with Crippen LogP contribution in [0.25, 0.3) is 0 Å². The molecule has 1 aliphatic heterocycles. The maximum absolute atomic E-state index is 13.1. The van der Waals surface area contributed by atoms with E-state index in [1.54, 1.807) is 0 Å². The molecular weight excluding hydrogens is 346 g/mol. The van der Waals surface area contributed by atoms with Gasteiger partial charge in [-0.3, -0.25) is 4.90 Å². The molecule has 8 heteroatoms. The number of hydrogen-bond acceptors (Lipinski definition) is 2. The van der Waals surface area contributed by atoms with E-state index in [2.05, 4.69) is 5.32 Å². The Morgan fingerprint density at radius 3 is 1.80 bits per heavy atom. The highest BCUT2D eigenvalue weighted by molar-refractivity contribution is 5.35. The first kappa shape index (κ1) is 20.0. The third-order valence-corrected chi connectivity index (χ3v) is 4.28. The topological polar surface area (TPSA) is 15.3 Å². The van der Waals surface area contributed by atoms with E-state index in [1.807, 2.05) is 18.7 Å². The number of nitrogens with one attached hydrogen (secondary N) is 1. The number of piperazine rings is 1. The second-order valence-corrected chi connectivity index (χ2v) is 6.77. The number of benzene rings is 1. The molecule has 0 bridgehead atoms. The van der Waals surface area contributed by atoms with Crippen molar-refractivity contribution < 1.29 is 26.3 Å². The average molecular weight is 368 g/mol. The molecule has 0 amide bonds. The summed E-state index contributed by atoms with van der Waals surface area (Å²) in [5, 5.41) is 3.14. The molecule has 1 aromatic rings. The third-order valence-electron chi connectivity index (χ3n) is 4.28. The van der Waals surface area contributed by atoms with Crippen molar-refractivity contribution in [1.82, 2.24) is 10.2 Å². The molecule has 0 aromatic heterocycles. The van der Waals surface area contributed by atoms with Crippen molar-refractivity contribution in [2.75, 3.05) is 26.2 Å². The number of alkyl halides is 6. The SMILES string of the molecule is CC(C)C[C@H](c1cc(C(F)(F)F)cc(C(F)(F)F)c1)N1CCNCC1. The molecule has 142 valence electrons. The lowest BCUT2D eigenvalue weighted by molar-refractivity contribution is -0.143. The Kier molecular flexibility index (Phi) is 6.04. The van der Waals surface area contributed by atoms with Crippen molar-refractivity contribution in [3.05, 3.63) is 34.9 Å². The first-order chi connectivity index (χ1) is 11.5. The Labute approximate surface area is 143 Å². The van der Waals surface area contributed by atoms with Gasteiger partial charge in [-0.25, -0.2) is 0 Å². The predicted octanol–water partition coefficient (Wildman–Crippen LogP) is 4.72. The molecule has 2 rings (SSSR count). The van der Waals surface area contributed by atoms with Gasteiger partial charge in [0.05, 0.1) is 11.1 Å². The maximum Gasteiger partial charge on any atom is 0.416 e. The zero-order valence-electron chi connectivity index (χ0n) is 14.1. The Morgan fingerprint density at radius 2 is 1.40 bits per heavy atom. The minimum absolute atomic E-state index is 0.0813. The van der Waals surface area contributed by atoms with Gasteiger partial charge >= 0.3 is 12.4 Å². The van der Waals surface area contributed by atoms with Gasteiger partial charge in [0.15, 0.2) is 0 Å². The van der Waals surface area contributed by atoms with E-state index in [4.69, 9.17) is 0 Å². The average Bonchev–Trinajstić information content (AvgIpc) is 2.51. The summed E-state index contributed by atoms with van der Waals surface area (Å²) in [6, 6.07) is 1.45. The lowest BCUT2D eigenvalue weighted by atomic mass is 9.92.